The van der Waals surface area contributed by atoms with Gasteiger partial charge in [0.15, 0.2) is 12.2 Å². The van der Waals surface area contributed by atoms with Crippen LogP contribution in [0.15, 0.2) is 0 Å². The molecule has 510 valence electrons. The third-order valence-corrected chi connectivity index (χ3v) is 17.6. The van der Waals surface area contributed by atoms with Crippen molar-refractivity contribution in [3.05, 3.63) is 0 Å². The van der Waals surface area contributed by atoms with E-state index < -0.39 is 97.5 Å². The van der Waals surface area contributed by atoms with E-state index in [2.05, 4.69) is 55.4 Å². The van der Waals surface area contributed by atoms with Crippen LogP contribution in [-0.2, 0) is 65.4 Å². The van der Waals surface area contributed by atoms with E-state index in [1.165, 1.54) is 122 Å². The van der Waals surface area contributed by atoms with E-state index in [4.69, 9.17) is 37.0 Å². The molecule has 6 atom stereocenters. The van der Waals surface area contributed by atoms with E-state index in [9.17, 15) is 43.2 Å². The Morgan fingerprint density at radius 3 is 0.826 bits per heavy atom. The monoisotopic (exact) mass is 1270 g/mol. The van der Waals surface area contributed by atoms with E-state index in [1.807, 2.05) is 0 Å². The summed E-state index contributed by atoms with van der Waals surface area (Å²) in [5, 5.41) is 10.6. The maximum absolute atomic E-state index is 13.0. The fourth-order valence-corrected chi connectivity index (χ4v) is 11.5. The Kier molecular flexibility index (Phi) is 55.7. The number of rotatable bonds is 64. The zero-order valence-electron chi connectivity index (χ0n) is 55.9. The highest BCUT2D eigenvalue weighted by Gasteiger charge is 2.30. The lowest BCUT2D eigenvalue weighted by atomic mass is 10.00. The SMILES string of the molecule is CCC(C)CCCCCCCCC(=O)OC[C@H](COP(=O)(O)OC[C@H](O)COP(=O)(O)OC[C@@H](COC(=O)CCCCCCCCCCCC(C)C)OC(=O)CCCCCCCCC(C)C)OC(=O)CCCCCCCCCCCCCCC(C)C. The molecular weight excluding hydrogens is 1140 g/mol. The van der Waals surface area contributed by atoms with Gasteiger partial charge in [-0.15, -0.1) is 0 Å². The smallest absolute Gasteiger partial charge is 0.462 e. The number of ether oxygens (including phenoxy) is 4. The average molecular weight is 1270 g/mol. The van der Waals surface area contributed by atoms with Crippen LogP contribution in [0, 0.1) is 23.7 Å². The molecule has 3 unspecified atom stereocenters. The molecule has 0 spiro atoms. The third kappa shape index (κ3) is 59.7. The fourth-order valence-electron chi connectivity index (χ4n) is 9.93. The van der Waals surface area contributed by atoms with Crippen molar-refractivity contribution in [3.8, 4) is 0 Å². The molecule has 86 heavy (non-hydrogen) atoms. The summed E-state index contributed by atoms with van der Waals surface area (Å²) >= 11 is 0. The van der Waals surface area contributed by atoms with Gasteiger partial charge in [-0.2, -0.15) is 0 Å². The Labute approximate surface area is 524 Å². The quantitative estimate of drug-likeness (QED) is 0.0222. The Morgan fingerprint density at radius 1 is 0.326 bits per heavy atom. The van der Waals surface area contributed by atoms with E-state index in [-0.39, 0.29) is 25.7 Å². The lowest BCUT2D eigenvalue weighted by molar-refractivity contribution is -0.161. The van der Waals surface area contributed by atoms with Crippen molar-refractivity contribution in [1.82, 2.24) is 0 Å². The topological polar surface area (TPSA) is 237 Å². The molecule has 0 aliphatic carbocycles. The van der Waals surface area contributed by atoms with Gasteiger partial charge in [0.25, 0.3) is 0 Å². The number of aliphatic hydroxyl groups is 1. The predicted molar refractivity (Wildman–Crippen MR) is 344 cm³/mol. The molecule has 0 saturated carbocycles. The van der Waals surface area contributed by atoms with Crippen LogP contribution < -0.4 is 0 Å². The van der Waals surface area contributed by atoms with Gasteiger partial charge in [-0.25, -0.2) is 9.13 Å². The van der Waals surface area contributed by atoms with Crippen LogP contribution in [0.2, 0.25) is 0 Å². The van der Waals surface area contributed by atoms with Crippen molar-refractivity contribution in [2.24, 2.45) is 23.7 Å². The van der Waals surface area contributed by atoms with Gasteiger partial charge in [0, 0.05) is 25.7 Å². The van der Waals surface area contributed by atoms with Gasteiger partial charge >= 0.3 is 39.5 Å². The number of carbonyl (C=O) groups is 4. The molecule has 17 nitrogen and oxygen atoms in total. The van der Waals surface area contributed by atoms with Crippen molar-refractivity contribution < 1.29 is 80.2 Å². The minimum atomic E-state index is -4.95. The van der Waals surface area contributed by atoms with Crippen molar-refractivity contribution in [1.29, 1.82) is 0 Å². The Hall–Kier alpha value is -1.94. The van der Waals surface area contributed by atoms with E-state index in [1.54, 1.807) is 0 Å². The lowest BCUT2D eigenvalue weighted by Crippen LogP contribution is -2.30. The number of unbranched alkanes of at least 4 members (excludes halogenated alkanes) is 29. The van der Waals surface area contributed by atoms with E-state index in [0.717, 1.165) is 114 Å². The van der Waals surface area contributed by atoms with Crippen LogP contribution >= 0.6 is 15.6 Å². The zero-order valence-corrected chi connectivity index (χ0v) is 57.7. The predicted octanol–water partition coefficient (Wildman–Crippen LogP) is 18.5. The first-order valence-corrected chi connectivity index (χ1v) is 37.7. The molecule has 0 heterocycles. The van der Waals surface area contributed by atoms with Crippen LogP contribution in [0.5, 0.6) is 0 Å². The second-order valence-electron chi connectivity index (χ2n) is 25.9. The largest absolute Gasteiger partial charge is 0.472 e. The molecule has 19 heteroatoms. The molecule has 0 aliphatic heterocycles. The molecule has 0 radical (unpaired) electrons. The first kappa shape index (κ1) is 84.1. The molecule has 0 amide bonds. The summed E-state index contributed by atoms with van der Waals surface area (Å²) in [6.45, 7) is 14.0. The van der Waals surface area contributed by atoms with Crippen molar-refractivity contribution >= 4 is 39.5 Å². The average Bonchev–Trinajstić information content (AvgIpc) is 3.64. The fraction of sp³-hybridized carbons (Fsp3) is 0.940. The van der Waals surface area contributed by atoms with Crippen LogP contribution in [0.25, 0.3) is 0 Å². The first-order valence-electron chi connectivity index (χ1n) is 34.7. The van der Waals surface area contributed by atoms with E-state index >= 15 is 0 Å². The number of esters is 4. The van der Waals surface area contributed by atoms with Crippen molar-refractivity contribution in [2.75, 3.05) is 39.6 Å². The highest BCUT2D eigenvalue weighted by atomic mass is 31.2. The number of hydrogen-bond acceptors (Lipinski definition) is 15. The number of carbonyl (C=O) groups excluding carboxylic acids is 4. The standard InChI is InChI=1S/C67H130O17P2/c1-9-60(8)46-38-30-24-26-32-40-48-65(70)78-54-62(83-66(71)49-41-33-22-17-13-11-10-12-15-19-27-35-43-57(2)3)55-81-85(73,74)79-51-61(68)52-80-86(75,76)82-56-63(84-67(72)50-42-34-25-23-29-37-45-59(6)7)53-77-64(69)47-39-31-21-18-14-16-20-28-36-44-58(4)5/h57-63,68H,9-56H2,1-8H3,(H,73,74)(H,75,76)/t60?,61-,62+,63+/m0/s1. The summed E-state index contributed by atoms with van der Waals surface area (Å²) < 4.78 is 68.1. The Morgan fingerprint density at radius 2 is 0.558 bits per heavy atom. The van der Waals surface area contributed by atoms with Gasteiger partial charge in [0.2, 0.25) is 0 Å². The zero-order chi connectivity index (χ0) is 63.9. The highest BCUT2D eigenvalue weighted by Crippen LogP contribution is 2.45. The Balaban J connectivity index is 5.23. The summed E-state index contributed by atoms with van der Waals surface area (Å²) in [5.41, 5.74) is 0. The van der Waals surface area contributed by atoms with Gasteiger partial charge in [0.1, 0.15) is 19.3 Å². The summed E-state index contributed by atoms with van der Waals surface area (Å²) in [6, 6.07) is 0. The maximum Gasteiger partial charge on any atom is 0.472 e. The van der Waals surface area contributed by atoms with Crippen molar-refractivity contribution in [2.45, 2.75) is 343 Å². The third-order valence-electron chi connectivity index (χ3n) is 15.7. The first-order chi connectivity index (χ1) is 41.1. The summed E-state index contributed by atoms with van der Waals surface area (Å²) in [7, 11) is -9.90. The van der Waals surface area contributed by atoms with Crippen LogP contribution in [0.1, 0.15) is 325 Å². The molecule has 0 aromatic carbocycles. The molecule has 0 fully saturated rings. The number of phosphoric ester groups is 2. The molecular formula is C67H130O17P2. The second-order valence-corrected chi connectivity index (χ2v) is 28.8. The van der Waals surface area contributed by atoms with Crippen LogP contribution in [0.4, 0.5) is 0 Å². The van der Waals surface area contributed by atoms with Gasteiger partial charge < -0.3 is 33.8 Å². The summed E-state index contributed by atoms with van der Waals surface area (Å²) in [5.74, 6) is 0.782. The molecule has 3 N–H and O–H groups in total. The Bertz CT molecular complexity index is 1720. The van der Waals surface area contributed by atoms with Crippen molar-refractivity contribution in [3.63, 3.8) is 0 Å². The van der Waals surface area contributed by atoms with Gasteiger partial charge in [-0.05, 0) is 49.4 Å². The lowest BCUT2D eigenvalue weighted by Gasteiger charge is -2.21. The number of hydrogen-bond donors (Lipinski definition) is 3. The summed E-state index contributed by atoms with van der Waals surface area (Å²) in [4.78, 5) is 72.3. The second kappa shape index (κ2) is 57.0. The number of aliphatic hydroxyl groups excluding tert-OH is 1. The van der Waals surface area contributed by atoms with Gasteiger partial charge in [0.05, 0.1) is 26.4 Å². The van der Waals surface area contributed by atoms with Gasteiger partial charge in [-0.3, -0.25) is 37.3 Å². The van der Waals surface area contributed by atoms with Crippen LogP contribution in [-0.4, -0.2) is 96.7 Å². The number of phosphoric acid groups is 2. The summed E-state index contributed by atoms with van der Waals surface area (Å²) in [6.07, 6.45) is 37.8. The van der Waals surface area contributed by atoms with Gasteiger partial charge in [-0.1, -0.05) is 274 Å². The van der Waals surface area contributed by atoms with Crippen LogP contribution in [0.3, 0.4) is 0 Å². The minimum absolute atomic E-state index is 0.101. The van der Waals surface area contributed by atoms with E-state index in [0.29, 0.717) is 31.6 Å². The molecule has 0 rings (SSSR count). The molecule has 0 bridgehead atoms. The molecule has 0 aromatic rings. The maximum atomic E-state index is 13.0. The minimum Gasteiger partial charge on any atom is -0.462 e. The molecule has 0 aromatic heterocycles. The molecule has 0 saturated heterocycles. The normalized spacial score (nSPS) is 14.7. The molecule has 0 aliphatic rings. The highest BCUT2D eigenvalue weighted by molar-refractivity contribution is 7.47.